The first-order chi connectivity index (χ1) is 11.1. The predicted molar refractivity (Wildman–Crippen MR) is 87.2 cm³/mol. The number of ether oxygens (including phenoxy) is 2. The second kappa shape index (κ2) is 6.51. The quantitative estimate of drug-likeness (QED) is 0.652. The number of hydrogen-bond donors (Lipinski definition) is 2. The Morgan fingerprint density at radius 2 is 2.17 bits per heavy atom. The van der Waals surface area contributed by atoms with Crippen LogP contribution in [0.5, 0.6) is 11.5 Å². The molecule has 0 fully saturated rings. The van der Waals surface area contributed by atoms with Crippen molar-refractivity contribution in [2.24, 2.45) is 5.10 Å². The number of hydrogen-bond acceptors (Lipinski definition) is 6. The molecule has 0 radical (unpaired) electrons. The largest absolute Gasteiger partial charge is 0.454 e. The number of aryl methyl sites for hydroxylation is 2. The van der Waals surface area contributed by atoms with E-state index in [0.29, 0.717) is 11.6 Å². The van der Waals surface area contributed by atoms with Gasteiger partial charge < -0.3 is 9.47 Å². The lowest BCUT2D eigenvalue weighted by Gasteiger charge is -2.05. The molecule has 2 aromatic rings. The topological polar surface area (TPSA) is 88.6 Å². The first kappa shape index (κ1) is 15.1. The maximum absolute atomic E-state index is 11.4. The summed E-state index contributed by atoms with van der Waals surface area (Å²) in [5.41, 5.74) is 5.29. The summed E-state index contributed by atoms with van der Waals surface area (Å²) in [6, 6.07) is 7.36. The maximum atomic E-state index is 11.4. The molecule has 120 valence electrons. The normalized spacial score (nSPS) is 13.2. The van der Waals surface area contributed by atoms with Crippen LogP contribution in [0.25, 0.3) is 0 Å². The third-order valence-electron chi connectivity index (χ3n) is 3.43. The zero-order valence-electron chi connectivity index (χ0n) is 13.0. The summed E-state index contributed by atoms with van der Waals surface area (Å²) in [5.74, 6) is 1.92. The van der Waals surface area contributed by atoms with Gasteiger partial charge in [0.15, 0.2) is 11.5 Å². The van der Waals surface area contributed by atoms with Crippen molar-refractivity contribution in [1.29, 1.82) is 0 Å². The van der Waals surface area contributed by atoms with Gasteiger partial charge in [0.25, 0.3) is 5.56 Å². The molecule has 2 heterocycles. The summed E-state index contributed by atoms with van der Waals surface area (Å²) >= 11 is 0. The highest BCUT2D eigenvalue weighted by Crippen LogP contribution is 2.32. The number of benzene rings is 1. The van der Waals surface area contributed by atoms with Gasteiger partial charge in [-0.15, -0.1) is 0 Å². The van der Waals surface area contributed by atoms with E-state index in [9.17, 15) is 4.79 Å². The van der Waals surface area contributed by atoms with E-state index in [0.717, 1.165) is 35.6 Å². The van der Waals surface area contributed by atoms with Crippen molar-refractivity contribution in [3.63, 3.8) is 0 Å². The first-order valence-electron chi connectivity index (χ1n) is 7.36. The molecule has 1 aliphatic rings. The lowest BCUT2D eigenvalue weighted by atomic mass is 10.1. The lowest BCUT2D eigenvalue weighted by molar-refractivity contribution is 0.174. The van der Waals surface area contributed by atoms with E-state index in [2.05, 4.69) is 20.5 Å². The number of aromatic nitrogens is 2. The number of rotatable bonds is 5. The summed E-state index contributed by atoms with van der Waals surface area (Å²) < 4.78 is 10.7. The van der Waals surface area contributed by atoms with E-state index in [1.54, 1.807) is 6.92 Å². The summed E-state index contributed by atoms with van der Waals surface area (Å²) in [6.45, 7) is 3.97. The van der Waals surface area contributed by atoms with Gasteiger partial charge in [-0.25, -0.2) is 10.4 Å². The predicted octanol–water partition coefficient (Wildman–Crippen LogP) is 2.23. The number of anilines is 1. The Balaban J connectivity index is 1.58. The van der Waals surface area contributed by atoms with E-state index in [1.165, 1.54) is 6.07 Å². The Labute approximate surface area is 133 Å². The van der Waals surface area contributed by atoms with Crippen LogP contribution in [0.2, 0.25) is 0 Å². The molecule has 0 spiro atoms. The molecule has 2 N–H and O–H groups in total. The second-order valence-electron chi connectivity index (χ2n) is 5.38. The summed E-state index contributed by atoms with van der Waals surface area (Å²) in [5, 5.41) is 4.24. The van der Waals surface area contributed by atoms with Crippen molar-refractivity contribution in [2.45, 2.75) is 26.7 Å². The molecule has 1 aromatic heterocycles. The first-order valence-corrected chi connectivity index (χ1v) is 7.36. The molecule has 0 aliphatic carbocycles. The Morgan fingerprint density at radius 3 is 3.00 bits per heavy atom. The fourth-order valence-electron chi connectivity index (χ4n) is 2.26. The molecule has 1 aromatic carbocycles. The molecule has 0 atom stereocenters. The van der Waals surface area contributed by atoms with Crippen LogP contribution in [0.4, 0.5) is 5.95 Å². The van der Waals surface area contributed by atoms with Crippen molar-refractivity contribution < 1.29 is 9.47 Å². The van der Waals surface area contributed by atoms with E-state index in [4.69, 9.17) is 9.47 Å². The minimum absolute atomic E-state index is 0.201. The highest BCUT2D eigenvalue weighted by molar-refractivity contribution is 5.82. The smallest absolute Gasteiger partial charge is 0.252 e. The number of aromatic amines is 1. The van der Waals surface area contributed by atoms with Crippen LogP contribution in [-0.4, -0.2) is 22.5 Å². The highest BCUT2D eigenvalue weighted by Gasteiger charge is 2.13. The molecule has 0 bridgehead atoms. The highest BCUT2D eigenvalue weighted by atomic mass is 16.7. The number of hydrazone groups is 1. The van der Waals surface area contributed by atoms with Gasteiger partial charge in [-0.05, 0) is 44.4 Å². The van der Waals surface area contributed by atoms with Crippen LogP contribution in [-0.2, 0) is 6.42 Å². The molecule has 0 unspecified atom stereocenters. The van der Waals surface area contributed by atoms with Gasteiger partial charge >= 0.3 is 0 Å². The van der Waals surface area contributed by atoms with Crippen LogP contribution in [0.15, 0.2) is 34.2 Å². The molecule has 23 heavy (non-hydrogen) atoms. The van der Waals surface area contributed by atoms with Crippen molar-refractivity contribution in [1.82, 2.24) is 9.97 Å². The third kappa shape index (κ3) is 3.88. The Bertz CT molecular complexity index is 798. The van der Waals surface area contributed by atoms with Crippen molar-refractivity contribution in [3.05, 3.63) is 45.9 Å². The molecular weight excluding hydrogens is 296 g/mol. The van der Waals surface area contributed by atoms with Gasteiger partial charge in [0.05, 0.1) is 0 Å². The number of nitrogens with zero attached hydrogens (tertiary/aromatic N) is 2. The van der Waals surface area contributed by atoms with Gasteiger partial charge in [-0.1, -0.05) is 6.07 Å². The minimum Gasteiger partial charge on any atom is -0.454 e. The van der Waals surface area contributed by atoms with Crippen molar-refractivity contribution >= 4 is 11.7 Å². The van der Waals surface area contributed by atoms with Gasteiger partial charge in [-0.2, -0.15) is 5.10 Å². The van der Waals surface area contributed by atoms with Crippen LogP contribution in [0.3, 0.4) is 0 Å². The van der Waals surface area contributed by atoms with Crippen LogP contribution in [0, 0.1) is 6.92 Å². The Hall–Kier alpha value is -2.83. The molecule has 1 aliphatic heterocycles. The van der Waals surface area contributed by atoms with Crippen molar-refractivity contribution in [2.75, 3.05) is 12.2 Å². The molecule has 3 rings (SSSR count). The molecule has 7 nitrogen and oxygen atoms in total. The average Bonchev–Trinajstić information content (AvgIpc) is 2.97. The van der Waals surface area contributed by atoms with Gasteiger partial charge in [0.1, 0.15) is 0 Å². The Morgan fingerprint density at radius 1 is 1.35 bits per heavy atom. The fraction of sp³-hybridized carbons (Fsp3) is 0.312. The van der Waals surface area contributed by atoms with Gasteiger partial charge in [0.2, 0.25) is 12.7 Å². The molecular formula is C16H18N4O3. The maximum Gasteiger partial charge on any atom is 0.252 e. The summed E-state index contributed by atoms with van der Waals surface area (Å²) in [4.78, 5) is 18.1. The molecule has 0 amide bonds. The Kier molecular flexibility index (Phi) is 4.27. The van der Waals surface area contributed by atoms with Crippen LogP contribution < -0.4 is 20.5 Å². The molecule has 7 heteroatoms. The zero-order chi connectivity index (χ0) is 16.2. The summed E-state index contributed by atoms with van der Waals surface area (Å²) in [6.07, 6.45) is 1.62. The van der Waals surface area contributed by atoms with Crippen LogP contribution in [0.1, 0.15) is 24.6 Å². The van der Waals surface area contributed by atoms with Crippen LogP contribution >= 0.6 is 0 Å². The monoisotopic (exact) mass is 314 g/mol. The van der Waals surface area contributed by atoms with Gasteiger partial charge in [0, 0.05) is 17.5 Å². The van der Waals surface area contributed by atoms with E-state index in [-0.39, 0.29) is 12.4 Å². The minimum atomic E-state index is -0.201. The van der Waals surface area contributed by atoms with Gasteiger partial charge in [-0.3, -0.25) is 9.78 Å². The zero-order valence-corrected chi connectivity index (χ0v) is 13.0. The SMILES string of the molecule is CC(CCc1ccc2c(c1)OCO2)=NNc1nc(C)cc(=O)[nH]1. The fourth-order valence-corrected chi connectivity index (χ4v) is 2.26. The average molecular weight is 314 g/mol. The molecule has 0 saturated carbocycles. The number of H-pyrrole nitrogens is 1. The van der Waals surface area contributed by atoms with Crippen molar-refractivity contribution in [3.8, 4) is 11.5 Å². The number of fused-ring (bicyclic) bond motifs is 1. The van der Waals surface area contributed by atoms with E-state index < -0.39 is 0 Å². The molecule has 0 saturated heterocycles. The van der Waals surface area contributed by atoms with E-state index >= 15 is 0 Å². The second-order valence-corrected chi connectivity index (χ2v) is 5.38. The third-order valence-corrected chi connectivity index (χ3v) is 3.43. The standard InChI is InChI=1S/C16H18N4O3/c1-10(19-20-16-17-11(2)7-15(21)18-16)3-4-12-5-6-13-14(8-12)23-9-22-13/h5-8H,3-4,9H2,1-2H3,(H2,17,18,20,21). The van der Waals surface area contributed by atoms with E-state index in [1.807, 2.05) is 25.1 Å². The summed E-state index contributed by atoms with van der Waals surface area (Å²) in [7, 11) is 0. The number of nitrogens with one attached hydrogen (secondary N) is 2. The lowest BCUT2D eigenvalue weighted by Crippen LogP contribution is -2.11.